The second-order valence-electron chi connectivity index (χ2n) is 18.0. The molecule has 4 heterocycles. The monoisotopic (exact) mass is 890 g/mol. The Bertz CT molecular complexity index is 2580. The Hall–Kier alpha value is -4.77. The lowest BCUT2D eigenvalue weighted by molar-refractivity contribution is 0.0694. The molecule has 0 bridgehead atoms. The third kappa shape index (κ3) is 8.50. The number of carbonyl (C=O) groups is 2. The largest absolute Gasteiger partial charge is 0.389 e. The summed E-state index contributed by atoms with van der Waals surface area (Å²) in [5.41, 5.74) is 7.36. The van der Waals surface area contributed by atoms with Gasteiger partial charge in [0.1, 0.15) is 5.69 Å². The molecule has 2 amide bonds. The van der Waals surface area contributed by atoms with Crippen LogP contribution in [0.3, 0.4) is 0 Å². The van der Waals surface area contributed by atoms with Crippen molar-refractivity contribution in [2.24, 2.45) is 11.8 Å². The number of benzene rings is 4. The Morgan fingerprint density at radius 3 is 2.35 bits per heavy atom. The fourth-order valence-electron chi connectivity index (χ4n) is 9.97. The van der Waals surface area contributed by atoms with Crippen LogP contribution in [0.25, 0.3) is 22.2 Å². The highest BCUT2D eigenvalue weighted by molar-refractivity contribution is 6.35. The number of carbonyl (C=O) groups excluding carboxylic acids is 2. The summed E-state index contributed by atoms with van der Waals surface area (Å²) in [6.45, 7) is 10.2. The third-order valence-electron chi connectivity index (χ3n) is 12.9. The van der Waals surface area contributed by atoms with Gasteiger partial charge < -0.3 is 30.5 Å². The predicted octanol–water partition coefficient (Wildman–Crippen LogP) is 11.0. The second-order valence-corrected chi connectivity index (χ2v) is 19.3. The van der Waals surface area contributed by atoms with Crippen molar-refractivity contribution in [3.63, 3.8) is 0 Å². The first-order valence-electron chi connectivity index (χ1n) is 21.8. The Kier molecular flexibility index (Phi) is 11.9. The van der Waals surface area contributed by atoms with Gasteiger partial charge in [0, 0.05) is 82.6 Å². The Morgan fingerprint density at radius 1 is 0.871 bits per heavy atom. The number of aromatic nitrogens is 1. The van der Waals surface area contributed by atoms with Gasteiger partial charge in [-0.15, -0.1) is 0 Å². The van der Waals surface area contributed by atoms with E-state index in [4.69, 9.17) is 34.8 Å². The number of fused-ring (bicyclic) bond motifs is 2. The van der Waals surface area contributed by atoms with E-state index >= 15 is 4.79 Å². The summed E-state index contributed by atoms with van der Waals surface area (Å²) in [6, 6.07) is 24.9. The van der Waals surface area contributed by atoms with Gasteiger partial charge >= 0.3 is 0 Å². The molecule has 1 saturated carbocycles. The van der Waals surface area contributed by atoms with Gasteiger partial charge in [-0.3, -0.25) is 14.5 Å². The number of hydrogen-bond donors (Lipinski definition) is 4. The van der Waals surface area contributed by atoms with E-state index in [1.54, 1.807) is 32.0 Å². The maximum absolute atomic E-state index is 15.3. The number of allylic oxidation sites excluding steroid dienone is 2. The average molecular weight is 892 g/mol. The zero-order valence-electron chi connectivity index (χ0n) is 35.4. The molecule has 9 rings (SSSR count). The molecule has 0 spiro atoms. The van der Waals surface area contributed by atoms with E-state index in [0.717, 1.165) is 95.2 Å². The molecule has 5 aromatic rings. The van der Waals surface area contributed by atoms with Crippen molar-refractivity contribution in [2.45, 2.75) is 64.5 Å². The normalized spacial score (nSPS) is 19.5. The standard InChI is InChI=1S/C50H53Cl3N6O3/c1-30-10-9-19-59-46(36-17-16-34(51)26-38(36)53)37-25-35(52)27-40-43(37)44(47(59)42(30)32-13-5-4-6-14-32)45(55-40)49(61)56-39-24-33(48(60)54-29-50(2,3)62)15-18-41(39)58-22-20-57(21-23-58)28-31-11-7-8-12-31/h4-6,9,13-19,24-27,30-31,46,55,62H,7-8,10-12,20-23,28-29H2,1-3H3,(H,54,60)(H,56,61). The van der Waals surface area contributed by atoms with E-state index in [0.29, 0.717) is 32.0 Å². The Labute approximate surface area is 378 Å². The zero-order chi connectivity index (χ0) is 43.3. The summed E-state index contributed by atoms with van der Waals surface area (Å²) in [7, 11) is 0. The SMILES string of the molecule is CC1CC=CN2C(=C1c1ccccc1)c1c(C(=O)Nc3cc(C(=O)NCC(C)(C)O)ccc3N3CCN(CC4CCCC4)CC3)[nH]c3cc(Cl)cc(c13)C2c1ccc(Cl)cc1Cl. The lowest BCUT2D eigenvalue weighted by Gasteiger charge is -2.40. The van der Waals surface area contributed by atoms with Crippen LogP contribution in [0.15, 0.2) is 91.1 Å². The molecule has 4 N–H and O–H groups in total. The fraction of sp³-hybridized carbons (Fsp3) is 0.360. The summed E-state index contributed by atoms with van der Waals surface area (Å²) in [5, 5.41) is 19.0. The summed E-state index contributed by atoms with van der Waals surface area (Å²) in [4.78, 5) is 39.5. The van der Waals surface area contributed by atoms with Crippen molar-refractivity contribution in [3.05, 3.63) is 140 Å². The molecule has 9 nitrogen and oxygen atoms in total. The minimum atomic E-state index is -1.09. The van der Waals surface area contributed by atoms with Crippen molar-refractivity contribution in [1.29, 1.82) is 0 Å². The van der Waals surface area contributed by atoms with Gasteiger partial charge in [0.25, 0.3) is 11.8 Å². The number of piperazine rings is 1. The molecule has 62 heavy (non-hydrogen) atoms. The quantitative estimate of drug-likeness (QED) is 0.111. The lowest BCUT2D eigenvalue weighted by Crippen LogP contribution is -2.47. The molecule has 0 radical (unpaired) electrons. The number of aliphatic hydroxyl groups is 1. The zero-order valence-corrected chi connectivity index (χ0v) is 37.7. The number of nitrogens with one attached hydrogen (secondary N) is 3. The van der Waals surface area contributed by atoms with Gasteiger partial charge in [0.05, 0.1) is 28.7 Å². The third-order valence-corrected chi connectivity index (χ3v) is 13.7. The van der Waals surface area contributed by atoms with Crippen molar-refractivity contribution >= 4 is 80.2 Å². The van der Waals surface area contributed by atoms with Crippen LogP contribution in [-0.4, -0.2) is 76.6 Å². The highest BCUT2D eigenvalue weighted by Gasteiger charge is 2.40. The Balaban J connectivity index is 1.18. The van der Waals surface area contributed by atoms with E-state index < -0.39 is 11.6 Å². The van der Waals surface area contributed by atoms with Gasteiger partial charge in [-0.1, -0.05) is 97.0 Å². The van der Waals surface area contributed by atoms with Crippen LogP contribution in [0.2, 0.25) is 15.1 Å². The van der Waals surface area contributed by atoms with E-state index in [2.05, 4.69) is 61.6 Å². The fourth-order valence-corrected chi connectivity index (χ4v) is 10.7. The summed E-state index contributed by atoms with van der Waals surface area (Å²) in [5.74, 6) is 0.166. The van der Waals surface area contributed by atoms with Gasteiger partial charge in [0.15, 0.2) is 0 Å². The van der Waals surface area contributed by atoms with Crippen LogP contribution in [0.4, 0.5) is 11.4 Å². The maximum Gasteiger partial charge on any atom is 0.272 e. The van der Waals surface area contributed by atoms with Crippen LogP contribution >= 0.6 is 34.8 Å². The summed E-state index contributed by atoms with van der Waals surface area (Å²) >= 11 is 20.5. The molecule has 12 heteroatoms. The molecule has 2 atom stereocenters. The Morgan fingerprint density at radius 2 is 1.63 bits per heavy atom. The molecular formula is C50H53Cl3N6O3. The molecule has 1 saturated heterocycles. The van der Waals surface area contributed by atoms with Gasteiger partial charge in [-0.05, 0) is 110 Å². The van der Waals surface area contributed by atoms with Crippen LogP contribution in [0.5, 0.6) is 0 Å². The van der Waals surface area contributed by atoms with Crippen LogP contribution < -0.4 is 15.5 Å². The molecule has 2 fully saturated rings. The number of amides is 2. The topological polar surface area (TPSA) is 104 Å². The van der Waals surface area contributed by atoms with Crippen molar-refractivity contribution in [2.75, 3.05) is 49.5 Å². The number of nitrogens with zero attached hydrogens (tertiary/aromatic N) is 3. The van der Waals surface area contributed by atoms with Crippen LogP contribution in [-0.2, 0) is 0 Å². The van der Waals surface area contributed by atoms with Crippen LogP contribution in [0.1, 0.15) is 102 Å². The van der Waals surface area contributed by atoms with Gasteiger partial charge in [-0.25, -0.2) is 0 Å². The van der Waals surface area contributed by atoms with E-state index in [1.165, 1.54) is 25.7 Å². The second kappa shape index (κ2) is 17.4. The first-order valence-corrected chi connectivity index (χ1v) is 22.9. The number of hydrogen-bond acceptors (Lipinski definition) is 6. The average Bonchev–Trinajstić information content (AvgIpc) is 3.86. The molecule has 4 aliphatic rings. The molecule has 1 aromatic heterocycles. The highest BCUT2D eigenvalue weighted by Crippen LogP contribution is 2.54. The molecular weight excluding hydrogens is 839 g/mol. The summed E-state index contributed by atoms with van der Waals surface area (Å²) in [6.07, 6.45) is 10.3. The van der Waals surface area contributed by atoms with E-state index in [-0.39, 0.29) is 24.3 Å². The number of H-pyrrole nitrogens is 1. The minimum absolute atomic E-state index is 0.0754. The number of halogens is 3. The minimum Gasteiger partial charge on any atom is -0.389 e. The first kappa shape index (κ1) is 42.5. The van der Waals surface area contributed by atoms with Crippen LogP contribution in [0, 0.1) is 11.8 Å². The smallest absolute Gasteiger partial charge is 0.272 e. The molecule has 3 aliphatic heterocycles. The molecule has 2 unspecified atom stereocenters. The first-order chi connectivity index (χ1) is 29.8. The van der Waals surface area contributed by atoms with Gasteiger partial charge in [0.2, 0.25) is 0 Å². The molecule has 1 aliphatic carbocycles. The number of rotatable bonds is 10. The lowest BCUT2D eigenvalue weighted by atomic mass is 9.82. The van der Waals surface area contributed by atoms with Crippen molar-refractivity contribution in [1.82, 2.24) is 20.1 Å². The number of anilines is 2. The highest BCUT2D eigenvalue weighted by atomic mass is 35.5. The van der Waals surface area contributed by atoms with Gasteiger partial charge in [-0.2, -0.15) is 0 Å². The number of aromatic amines is 1. The molecule has 322 valence electrons. The van der Waals surface area contributed by atoms with E-state index in [1.807, 2.05) is 48.5 Å². The molecule has 4 aromatic carbocycles. The van der Waals surface area contributed by atoms with E-state index in [9.17, 15) is 9.90 Å². The predicted molar refractivity (Wildman–Crippen MR) is 253 cm³/mol. The van der Waals surface area contributed by atoms with Crippen molar-refractivity contribution < 1.29 is 14.7 Å². The maximum atomic E-state index is 15.3. The van der Waals surface area contributed by atoms with Crippen molar-refractivity contribution in [3.8, 4) is 0 Å². The summed E-state index contributed by atoms with van der Waals surface area (Å²) < 4.78 is 0.